The number of nitrogens with one attached hydrogen (secondary N) is 1. The van der Waals surface area contributed by atoms with Crippen LogP contribution in [0.15, 0.2) is 24.3 Å². The van der Waals surface area contributed by atoms with Gasteiger partial charge in [0.15, 0.2) is 5.60 Å². The molecule has 1 aromatic rings. The Labute approximate surface area is 161 Å². The smallest absolute Gasteiger partial charge is 0.339 e. The average Bonchev–Trinajstić information content (AvgIpc) is 2.60. The Bertz CT molecular complexity index is 765. The maximum absolute atomic E-state index is 13.2. The van der Waals surface area contributed by atoms with Gasteiger partial charge in [-0.25, -0.2) is 4.79 Å². The van der Waals surface area contributed by atoms with E-state index in [1.165, 1.54) is 38.5 Å². The minimum Gasteiger partial charge on any atom is -0.445 e. The zero-order valence-electron chi connectivity index (χ0n) is 16.3. The largest absolute Gasteiger partial charge is 0.445 e. The molecule has 0 saturated heterocycles. The second-order valence-corrected chi connectivity index (χ2v) is 9.93. The predicted molar refractivity (Wildman–Crippen MR) is 102 cm³/mol. The Morgan fingerprint density at radius 1 is 1.11 bits per heavy atom. The highest BCUT2D eigenvalue weighted by molar-refractivity contribution is 5.97. The molecule has 1 heterocycles. The van der Waals surface area contributed by atoms with Crippen molar-refractivity contribution in [2.24, 2.45) is 23.2 Å². The molecule has 4 saturated carbocycles. The maximum Gasteiger partial charge on any atom is 0.339 e. The normalized spacial score (nSPS) is 40.2. The lowest BCUT2D eigenvalue weighted by Gasteiger charge is -2.59. The molecule has 2 atom stereocenters. The molecule has 0 spiro atoms. The number of hydrogen-bond acceptors (Lipinski definition) is 3. The van der Waals surface area contributed by atoms with Crippen molar-refractivity contribution in [3.63, 3.8) is 0 Å². The molecule has 0 aromatic heterocycles. The van der Waals surface area contributed by atoms with E-state index >= 15 is 0 Å². The van der Waals surface area contributed by atoms with Gasteiger partial charge in [0, 0.05) is 12.5 Å². The SMILES string of the molecule is CC(NC(=O)C1(C)Cc2ccccc2C(=O)O1)C12CC3CC(CC(C3)C1)C2. The standard InChI is InChI=1S/C23H29NO3/c1-14(23-10-15-7-16(11-23)9-17(8-15)12-23)24-21(26)22(2)13-18-5-3-4-6-19(18)20(25)27-22/h3-6,14-17H,7-13H2,1-2H3,(H,24,26). The first-order chi connectivity index (χ1) is 12.9. The first-order valence-electron chi connectivity index (χ1n) is 10.5. The Morgan fingerprint density at radius 2 is 1.70 bits per heavy atom. The summed E-state index contributed by atoms with van der Waals surface area (Å²) in [6.07, 6.45) is 8.37. The summed E-state index contributed by atoms with van der Waals surface area (Å²) in [6.45, 7) is 3.93. The first kappa shape index (κ1) is 17.3. The van der Waals surface area contributed by atoms with Crippen molar-refractivity contribution in [3.05, 3.63) is 35.4 Å². The molecule has 1 aliphatic heterocycles. The van der Waals surface area contributed by atoms with Crippen molar-refractivity contribution in [2.45, 2.75) is 70.4 Å². The molecular formula is C23H29NO3. The monoisotopic (exact) mass is 367 g/mol. The number of carbonyl (C=O) groups excluding carboxylic acids is 2. The van der Waals surface area contributed by atoms with Crippen LogP contribution in [0.25, 0.3) is 0 Å². The van der Waals surface area contributed by atoms with Gasteiger partial charge in [0.25, 0.3) is 5.91 Å². The van der Waals surface area contributed by atoms with Crippen molar-refractivity contribution in [2.75, 3.05) is 0 Å². The molecule has 6 rings (SSSR count). The lowest BCUT2D eigenvalue weighted by Crippen LogP contribution is -2.60. The summed E-state index contributed by atoms with van der Waals surface area (Å²) in [5.41, 5.74) is 0.602. The third-order valence-corrected chi connectivity index (χ3v) is 7.92. The van der Waals surface area contributed by atoms with Crippen molar-refractivity contribution in [1.29, 1.82) is 0 Å². The second kappa shape index (κ2) is 5.83. The first-order valence-corrected chi connectivity index (χ1v) is 10.5. The summed E-state index contributed by atoms with van der Waals surface area (Å²) in [5, 5.41) is 3.28. The number of rotatable bonds is 3. The summed E-state index contributed by atoms with van der Waals surface area (Å²) in [6, 6.07) is 7.56. The molecule has 2 unspecified atom stereocenters. The number of hydrogen-bond donors (Lipinski definition) is 1. The van der Waals surface area contributed by atoms with Gasteiger partial charge in [-0.3, -0.25) is 4.79 Å². The molecule has 144 valence electrons. The van der Waals surface area contributed by atoms with Crippen LogP contribution in [0.4, 0.5) is 0 Å². The van der Waals surface area contributed by atoms with E-state index in [1.807, 2.05) is 18.2 Å². The maximum atomic E-state index is 13.2. The van der Waals surface area contributed by atoms with E-state index in [1.54, 1.807) is 13.0 Å². The van der Waals surface area contributed by atoms with Gasteiger partial charge < -0.3 is 10.1 Å². The number of esters is 1. The molecule has 1 amide bonds. The number of benzene rings is 1. The van der Waals surface area contributed by atoms with Crippen molar-refractivity contribution in [3.8, 4) is 0 Å². The van der Waals surface area contributed by atoms with Gasteiger partial charge in [-0.05, 0) is 87.2 Å². The molecule has 4 bridgehead atoms. The fourth-order valence-corrected chi connectivity index (χ4v) is 6.87. The number of carbonyl (C=O) groups is 2. The third kappa shape index (κ3) is 2.71. The van der Waals surface area contributed by atoms with Crippen LogP contribution in [0.5, 0.6) is 0 Å². The Kier molecular flexibility index (Phi) is 3.73. The minimum atomic E-state index is -1.12. The quantitative estimate of drug-likeness (QED) is 0.825. The van der Waals surface area contributed by atoms with Crippen LogP contribution in [0.1, 0.15) is 68.3 Å². The average molecular weight is 367 g/mol. The summed E-state index contributed by atoms with van der Waals surface area (Å²) < 4.78 is 5.63. The van der Waals surface area contributed by atoms with Gasteiger partial charge >= 0.3 is 5.97 Å². The van der Waals surface area contributed by atoms with Gasteiger partial charge in [0.1, 0.15) is 0 Å². The summed E-state index contributed by atoms with van der Waals surface area (Å²) >= 11 is 0. The second-order valence-electron chi connectivity index (χ2n) is 9.93. The molecule has 5 aliphatic rings. The van der Waals surface area contributed by atoms with E-state index in [-0.39, 0.29) is 17.4 Å². The molecular weight excluding hydrogens is 338 g/mol. The topological polar surface area (TPSA) is 55.4 Å². The molecule has 4 aliphatic carbocycles. The molecule has 0 radical (unpaired) electrons. The number of fused-ring (bicyclic) bond motifs is 1. The molecule has 4 nitrogen and oxygen atoms in total. The molecule has 27 heavy (non-hydrogen) atoms. The Balaban J connectivity index is 1.34. The molecule has 1 N–H and O–H groups in total. The van der Waals surface area contributed by atoms with Crippen LogP contribution in [0, 0.1) is 23.2 Å². The van der Waals surface area contributed by atoms with Crippen LogP contribution >= 0.6 is 0 Å². The van der Waals surface area contributed by atoms with E-state index < -0.39 is 11.6 Å². The third-order valence-electron chi connectivity index (χ3n) is 7.92. The van der Waals surface area contributed by atoms with Gasteiger partial charge in [-0.1, -0.05) is 18.2 Å². The zero-order valence-corrected chi connectivity index (χ0v) is 16.3. The van der Waals surface area contributed by atoms with Gasteiger partial charge in [0.05, 0.1) is 5.56 Å². The number of cyclic esters (lactones) is 1. The van der Waals surface area contributed by atoms with E-state index in [9.17, 15) is 9.59 Å². The van der Waals surface area contributed by atoms with Gasteiger partial charge in [-0.15, -0.1) is 0 Å². The van der Waals surface area contributed by atoms with E-state index in [0.717, 1.165) is 23.3 Å². The highest BCUT2D eigenvalue weighted by Crippen LogP contribution is 2.61. The highest BCUT2D eigenvalue weighted by Gasteiger charge is 2.54. The fourth-order valence-electron chi connectivity index (χ4n) is 6.87. The molecule has 4 fully saturated rings. The minimum absolute atomic E-state index is 0.131. The van der Waals surface area contributed by atoms with E-state index in [2.05, 4.69) is 12.2 Å². The summed E-state index contributed by atoms with van der Waals surface area (Å²) in [7, 11) is 0. The predicted octanol–water partition coefficient (Wildman–Crippen LogP) is 3.88. The van der Waals surface area contributed by atoms with Crippen molar-refractivity contribution < 1.29 is 14.3 Å². The van der Waals surface area contributed by atoms with Crippen LogP contribution < -0.4 is 5.32 Å². The summed E-state index contributed by atoms with van der Waals surface area (Å²) in [4.78, 5) is 25.6. The van der Waals surface area contributed by atoms with E-state index in [0.29, 0.717) is 12.0 Å². The Hall–Kier alpha value is -1.84. The van der Waals surface area contributed by atoms with E-state index in [4.69, 9.17) is 4.74 Å². The number of amides is 1. The highest BCUT2D eigenvalue weighted by atomic mass is 16.6. The number of ether oxygens (including phenoxy) is 1. The van der Waals surface area contributed by atoms with Crippen LogP contribution in [-0.4, -0.2) is 23.5 Å². The van der Waals surface area contributed by atoms with Crippen molar-refractivity contribution in [1.82, 2.24) is 5.32 Å². The Morgan fingerprint density at radius 3 is 2.33 bits per heavy atom. The zero-order chi connectivity index (χ0) is 18.8. The fraction of sp³-hybridized carbons (Fsp3) is 0.652. The van der Waals surface area contributed by atoms with Crippen LogP contribution in [0.3, 0.4) is 0 Å². The van der Waals surface area contributed by atoms with Gasteiger partial charge in [-0.2, -0.15) is 0 Å². The van der Waals surface area contributed by atoms with Crippen molar-refractivity contribution >= 4 is 11.9 Å². The summed E-state index contributed by atoms with van der Waals surface area (Å²) in [5.74, 6) is 2.02. The lowest BCUT2D eigenvalue weighted by molar-refractivity contribution is -0.144. The lowest BCUT2D eigenvalue weighted by atomic mass is 9.48. The molecule has 1 aromatic carbocycles. The van der Waals surface area contributed by atoms with Crippen LogP contribution in [-0.2, 0) is 16.0 Å². The van der Waals surface area contributed by atoms with Crippen LogP contribution in [0.2, 0.25) is 0 Å². The van der Waals surface area contributed by atoms with Gasteiger partial charge in [0.2, 0.25) is 0 Å². The molecule has 4 heteroatoms.